The Morgan fingerprint density at radius 2 is 1.88 bits per heavy atom. The first-order valence-electron chi connectivity index (χ1n) is 4.91. The lowest BCUT2D eigenvalue weighted by atomic mass is 10.1. The molecule has 0 unspecified atom stereocenters. The van der Waals surface area contributed by atoms with Crippen molar-refractivity contribution in [1.82, 2.24) is 5.32 Å². The van der Waals surface area contributed by atoms with Gasteiger partial charge in [-0.1, -0.05) is 12.1 Å². The summed E-state index contributed by atoms with van der Waals surface area (Å²) < 4.78 is 0. The van der Waals surface area contributed by atoms with Gasteiger partial charge in [-0.3, -0.25) is 10.1 Å². The summed E-state index contributed by atoms with van der Waals surface area (Å²) in [5.74, 6) is -0.0517. The average molecular weight is 222 g/mol. The zero-order valence-corrected chi connectivity index (χ0v) is 8.99. The molecule has 0 aliphatic heterocycles. The van der Waals surface area contributed by atoms with Gasteiger partial charge in [-0.25, -0.2) is 4.79 Å². The molecule has 0 spiro atoms. The Bertz CT molecular complexity index is 373. The van der Waals surface area contributed by atoms with E-state index in [-0.39, 0.29) is 5.91 Å². The van der Waals surface area contributed by atoms with Crippen LogP contribution < -0.4 is 10.6 Å². The molecule has 1 aromatic rings. The zero-order chi connectivity index (χ0) is 12.0. The molecule has 0 atom stereocenters. The molecular formula is C11H14N2O3. The maximum atomic E-state index is 10.6. The van der Waals surface area contributed by atoms with Gasteiger partial charge >= 0.3 is 6.09 Å². The second-order valence-electron chi connectivity index (χ2n) is 3.36. The topological polar surface area (TPSA) is 78.4 Å². The summed E-state index contributed by atoms with van der Waals surface area (Å²) >= 11 is 0. The number of carboxylic acid groups (broad SMARTS) is 1. The first kappa shape index (κ1) is 12.0. The normalized spacial score (nSPS) is 9.56. The van der Waals surface area contributed by atoms with Gasteiger partial charge in [-0.2, -0.15) is 0 Å². The molecule has 16 heavy (non-hydrogen) atoms. The Balaban J connectivity index is 2.45. The van der Waals surface area contributed by atoms with E-state index in [1.54, 1.807) is 12.1 Å². The second kappa shape index (κ2) is 5.75. The molecule has 5 nitrogen and oxygen atoms in total. The van der Waals surface area contributed by atoms with Gasteiger partial charge in [0.05, 0.1) is 0 Å². The van der Waals surface area contributed by atoms with E-state index in [2.05, 4.69) is 10.6 Å². The fourth-order valence-electron chi connectivity index (χ4n) is 1.26. The molecule has 86 valence electrons. The van der Waals surface area contributed by atoms with Crippen LogP contribution in [0, 0.1) is 0 Å². The van der Waals surface area contributed by atoms with Gasteiger partial charge in [0.25, 0.3) is 0 Å². The second-order valence-corrected chi connectivity index (χ2v) is 3.36. The molecule has 5 heteroatoms. The summed E-state index contributed by atoms with van der Waals surface area (Å²) in [6, 6.07) is 7.04. The molecule has 0 saturated carbocycles. The third kappa shape index (κ3) is 4.45. The largest absolute Gasteiger partial charge is 0.465 e. The number of carbonyl (C=O) groups excluding carboxylic acids is 1. The molecule has 1 aromatic carbocycles. The van der Waals surface area contributed by atoms with Crippen LogP contribution in [0.3, 0.4) is 0 Å². The standard InChI is InChI=1S/C11H14N2O3/c1-8(14)12-7-6-9-2-4-10(5-3-9)13-11(15)16/h2-5,13H,6-7H2,1H3,(H,12,14)(H,15,16). The van der Waals surface area contributed by atoms with Crippen molar-refractivity contribution >= 4 is 17.7 Å². The highest BCUT2D eigenvalue weighted by molar-refractivity contribution is 5.82. The monoisotopic (exact) mass is 222 g/mol. The Morgan fingerprint density at radius 1 is 1.25 bits per heavy atom. The summed E-state index contributed by atoms with van der Waals surface area (Å²) in [4.78, 5) is 21.0. The van der Waals surface area contributed by atoms with E-state index in [0.717, 1.165) is 12.0 Å². The minimum Gasteiger partial charge on any atom is -0.465 e. The van der Waals surface area contributed by atoms with Crippen molar-refractivity contribution in [3.8, 4) is 0 Å². The van der Waals surface area contributed by atoms with Crippen molar-refractivity contribution in [2.24, 2.45) is 0 Å². The van der Waals surface area contributed by atoms with Crippen LogP contribution in [0.25, 0.3) is 0 Å². The first-order chi connectivity index (χ1) is 7.58. The zero-order valence-electron chi connectivity index (χ0n) is 8.99. The minimum atomic E-state index is -1.08. The van der Waals surface area contributed by atoms with Crippen LogP contribution >= 0.6 is 0 Å². The fourth-order valence-corrected chi connectivity index (χ4v) is 1.26. The van der Waals surface area contributed by atoms with Crippen LogP contribution in [0.2, 0.25) is 0 Å². The molecule has 0 radical (unpaired) electrons. The molecule has 0 fully saturated rings. The molecule has 0 aliphatic rings. The molecule has 2 amide bonds. The number of amides is 2. The number of benzene rings is 1. The highest BCUT2D eigenvalue weighted by atomic mass is 16.4. The van der Waals surface area contributed by atoms with E-state index in [4.69, 9.17) is 5.11 Å². The smallest absolute Gasteiger partial charge is 0.409 e. The summed E-state index contributed by atoms with van der Waals surface area (Å²) in [5.41, 5.74) is 1.58. The van der Waals surface area contributed by atoms with Gasteiger partial charge in [0.15, 0.2) is 0 Å². The van der Waals surface area contributed by atoms with Crippen LogP contribution in [0.15, 0.2) is 24.3 Å². The molecule has 0 aromatic heterocycles. The van der Waals surface area contributed by atoms with Crippen molar-refractivity contribution in [3.05, 3.63) is 29.8 Å². The van der Waals surface area contributed by atoms with E-state index in [9.17, 15) is 9.59 Å². The number of nitrogens with one attached hydrogen (secondary N) is 2. The predicted molar refractivity (Wildman–Crippen MR) is 60.5 cm³/mol. The lowest BCUT2D eigenvalue weighted by Gasteiger charge is -2.04. The highest BCUT2D eigenvalue weighted by Gasteiger charge is 1.98. The van der Waals surface area contributed by atoms with Crippen LogP contribution in [0.4, 0.5) is 10.5 Å². The quantitative estimate of drug-likeness (QED) is 0.721. The Labute approximate surface area is 93.5 Å². The highest BCUT2D eigenvalue weighted by Crippen LogP contribution is 2.09. The maximum Gasteiger partial charge on any atom is 0.409 e. The van der Waals surface area contributed by atoms with Gasteiger partial charge in [0.2, 0.25) is 5.91 Å². The number of rotatable bonds is 4. The lowest BCUT2D eigenvalue weighted by Crippen LogP contribution is -2.22. The number of anilines is 1. The molecule has 3 N–H and O–H groups in total. The summed E-state index contributed by atoms with van der Waals surface area (Å²) in [6.07, 6.45) is -0.349. The lowest BCUT2D eigenvalue weighted by molar-refractivity contribution is -0.118. The predicted octanol–water partition coefficient (Wildman–Crippen LogP) is 1.46. The van der Waals surface area contributed by atoms with E-state index in [1.807, 2.05) is 12.1 Å². The van der Waals surface area contributed by atoms with E-state index >= 15 is 0 Å². The van der Waals surface area contributed by atoms with Crippen LogP contribution in [-0.2, 0) is 11.2 Å². The SMILES string of the molecule is CC(=O)NCCc1ccc(NC(=O)O)cc1. The van der Waals surface area contributed by atoms with Crippen LogP contribution in [-0.4, -0.2) is 23.7 Å². The van der Waals surface area contributed by atoms with E-state index in [1.165, 1.54) is 6.92 Å². The van der Waals surface area contributed by atoms with Crippen molar-refractivity contribution in [3.63, 3.8) is 0 Å². The van der Waals surface area contributed by atoms with Crippen molar-refractivity contribution < 1.29 is 14.7 Å². The van der Waals surface area contributed by atoms with Crippen molar-refractivity contribution in [2.75, 3.05) is 11.9 Å². The van der Waals surface area contributed by atoms with Crippen molar-refractivity contribution in [2.45, 2.75) is 13.3 Å². The number of carbonyl (C=O) groups is 2. The summed E-state index contributed by atoms with van der Waals surface area (Å²) in [7, 11) is 0. The van der Waals surface area contributed by atoms with Crippen LogP contribution in [0.1, 0.15) is 12.5 Å². The Kier molecular flexibility index (Phi) is 4.32. The number of hydrogen-bond acceptors (Lipinski definition) is 2. The average Bonchev–Trinajstić information content (AvgIpc) is 2.19. The fraction of sp³-hybridized carbons (Fsp3) is 0.273. The van der Waals surface area contributed by atoms with Gasteiger partial charge < -0.3 is 10.4 Å². The molecule has 0 saturated heterocycles. The molecule has 1 rings (SSSR count). The van der Waals surface area contributed by atoms with E-state index < -0.39 is 6.09 Å². The maximum absolute atomic E-state index is 10.6. The van der Waals surface area contributed by atoms with Crippen molar-refractivity contribution in [1.29, 1.82) is 0 Å². The first-order valence-corrected chi connectivity index (χ1v) is 4.91. The van der Waals surface area contributed by atoms with E-state index in [0.29, 0.717) is 12.2 Å². The molecular weight excluding hydrogens is 208 g/mol. The van der Waals surface area contributed by atoms with Crippen LogP contribution in [0.5, 0.6) is 0 Å². The molecule has 0 bridgehead atoms. The summed E-state index contributed by atoms with van der Waals surface area (Å²) in [5, 5.41) is 13.4. The third-order valence-electron chi connectivity index (χ3n) is 1.99. The van der Waals surface area contributed by atoms with Gasteiger partial charge in [0, 0.05) is 19.2 Å². The summed E-state index contributed by atoms with van der Waals surface area (Å²) in [6.45, 7) is 2.06. The molecule has 0 heterocycles. The third-order valence-corrected chi connectivity index (χ3v) is 1.99. The Morgan fingerprint density at radius 3 is 2.38 bits per heavy atom. The minimum absolute atomic E-state index is 0.0517. The van der Waals surface area contributed by atoms with Gasteiger partial charge in [-0.05, 0) is 24.1 Å². The van der Waals surface area contributed by atoms with Gasteiger partial charge in [0.1, 0.15) is 0 Å². The molecule has 0 aliphatic carbocycles. The Hall–Kier alpha value is -2.04. The van der Waals surface area contributed by atoms with Gasteiger partial charge in [-0.15, -0.1) is 0 Å². The number of hydrogen-bond donors (Lipinski definition) is 3.